The van der Waals surface area contributed by atoms with Crippen molar-refractivity contribution in [3.8, 4) is 5.75 Å². The molecular weight excluding hydrogens is 498 g/mol. The van der Waals surface area contributed by atoms with E-state index in [4.69, 9.17) is 33.0 Å². The molecule has 0 saturated carbocycles. The van der Waals surface area contributed by atoms with Crippen molar-refractivity contribution in [2.45, 2.75) is 13.2 Å². The summed E-state index contributed by atoms with van der Waals surface area (Å²) in [5.41, 5.74) is 1.98. The number of amides is 3. The van der Waals surface area contributed by atoms with Gasteiger partial charge < -0.3 is 15.2 Å². The van der Waals surface area contributed by atoms with Crippen molar-refractivity contribution in [1.82, 2.24) is 10.2 Å². The number of halogens is 3. The Labute approximate surface area is 209 Å². The summed E-state index contributed by atoms with van der Waals surface area (Å²) in [4.78, 5) is 37.0. The largest absolute Gasteiger partial charge is 0.486 e. The minimum absolute atomic E-state index is 0.00990. The first-order valence-corrected chi connectivity index (χ1v) is 11.0. The highest BCUT2D eigenvalue weighted by Gasteiger charge is 2.33. The van der Waals surface area contributed by atoms with Gasteiger partial charge in [0.25, 0.3) is 5.91 Å². The lowest BCUT2D eigenvalue weighted by Crippen LogP contribution is -2.30. The van der Waals surface area contributed by atoms with Crippen LogP contribution in [0.1, 0.15) is 27.0 Å². The van der Waals surface area contributed by atoms with Crippen molar-refractivity contribution >= 4 is 47.2 Å². The lowest BCUT2D eigenvalue weighted by Gasteiger charge is -2.12. The number of carbonyl (C=O) groups is 3. The summed E-state index contributed by atoms with van der Waals surface area (Å²) in [5.74, 6) is -1.76. The summed E-state index contributed by atoms with van der Waals surface area (Å²) < 4.78 is 18.8. The van der Waals surface area contributed by atoms with E-state index in [1.165, 1.54) is 54.6 Å². The van der Waals surface area contributed by atoms with Crippen LogP contribution in [-0.4, -0.2) is 27.9 Å². The molecule has 3 aromatic carbocycles. The van der Waals surface area contributed by atoms with Gasteiger partial charge in [-0.05, 0) is 59.2 Å². The minimum atomic E-state index is -1.02. The van der Waals surface area contributed by atoms with Crippen LogP contribution < -0.4 is 10.1 Å². The van der Waals surface area contributed by atoms with E-state index in [1.54, 1.807) is 12.1 Å². The van der Waals surface area contributed by atoms with Gasteiger partial charge >= 0.3 is 12.0 Å². The van der Waals surface area contributed by atoms with Gasteiger partial charge in [-0.3, -0.25) is 9.69 Å². The predicted molar refractivity (Wildman–Crippen MR) is 128 cm³/mol. The van der Waals surface area contributed by atoms with E-state index in [1.807, 2.05) is 0 Å². The highest BCUT2D eigenvalue weighted by atomic mass is 35.5. The number of carboxylic acids is 1. The van der Waals surface area contributed by atoms with Gasteiger partial charge in [-0.25, -0.2) is 14.0 Å². The number of carbonyl (C=O) groups excluding carboxylic acids is 2. The Hall–Kier alpha value is -3.88. The molecule has 3 amide bonds. The average Bonchev–Trinajstić information content (AvgIpc) is 3.07. The van der Waals surface area contributed by atoms with E-state index in [2.05, 4.69) is 5.32 Å². The zero-order valence-corrected chi connectivity index (χ0v) is 19.4. The Bertz CT molecular complexity index is 1320. The first-order valence-electron chi connectivity index (χ1n) is 10.2. The summed E-state index contributed by atoms with van der Waals surface area (Å²) in [5, 5.41) is 11.9. The van der Waals surface area contributed by atoms with Crippen LogP contribution in [0.25, 0.3) is 6.08 Å². The van der Waals surface area contributed by atoms with E-state index < -0.39 is 23.7 Å². The molecular formula is C25H17Cl2FN2O5. The first-order chi connectivity index (χ1) is 16.7. The van der Waals surface area contributed by atoms with Crippen LogP contribution in [0, 0.1) is 5.82 Å². The van der Waals surface area contributed by atoms with Crippen LogP contribution in [0.4, 0.5) is 9.18 Å². The van der Waals surface area contributed by atoms with Crippen molar-refractivity contribution < 1.29 is 28.6 Å². The number of benzene rings is 3. The van der Waals surface area contributed by atoms with Gasteiger partial charge in [0.2, 0.25) is 0 Å². The monoisotopic (exact) mass is 514 g/mol. The first kappa shape index (κ1) is 24.3. The molecule has 0 spiro atoms. The van der Waals surface area contributed by atoms with Crippen LogP contribution in [0.5, 0.6) is 5.75 Å². The van der Waals surface area contributed by atoms with Gasteiger partial charge in [0.05, 0.1) is 22.2 Å². The molecule has 0 unspecified atom stereocenters. The van der Waals surface area contributed by atoms with Crippen LogP contribution in [-0.2, 0) is 17.9 Å². The minimum Gasteiger partial charge on any atom is -0.486 e. The fourth-order valence-electron chi connectivity index (χ4n) is 3.35. The summed E-state index contributed by atoms with van der Waals surface area (Å²) in [6, 6.07) is 14.1. The molecule has 178 valence electrons. The molecule has 35 heavy (non-hydrogen) atoms. The average molecular weight is 515 g/mol. The topological polar surface area (TPSA) is 95.9 Å². The molecule has 0 atom stereocenters. The van der Waals surface area contributed by atoms with Gasteiger partial charge in [0, 0.05) is 0 Å². The number of urea groups is 1. The van der Waals surface area contributed by atoms with E-state index in [9.17, 15) is 18.8 Å². The second kappa shape index (κ2) is 10.2. The van der Waals surface area contributed by atoms with E-state index in [-0.39, 0.29) is 40.2 Å². The Balaban J connectivity index is 1.47. The number of nitrogens with zero attached hydrogens (tertiary/aromatic N) is 1. The number of hydrogen-bond acceptors (Lipinski definition) is 4. The molecule has 4 rings (SSSR count). The molecule has 0 bridgehead atoms. The van der Waals surface area contributed by atoms with Crippen molar-refractivity contribution in [3.05, 3.63) is 104 Å². The molecule has 2 N–H and O–H groups in total. The second-order valence-corrected chi connectivity index (χ2v) is 8.42. The molecule has 0 radical (unpaired) electrons. The van der Waals surface area contributed by atoms with E-state index >= 15 is 0 Å². The maximum atomic E-state index is 13.1. The zero-order valence-electron chi connectivity index (χ0n) is 17.9. The third kappa shape index (κ3) is 5.62. The maximum Gasteiger partial charge on any atom is 0.335 e. The van der Waals surface area contributed by atoms with Gasteiger partial charge in [-0.15, -0.1) is 0 Å². The van der Waals surface area contributed by atoms with E-state index in [0.717, 1.165) is 4.90 Å². The number of carboxylic acid groups (broad SMARTS) is 1. The quantitative estimate of drug-likeness (QED) is 0.320. The zero-order chi connectivity index (χ0) is 25.1. The summed E-state index contributed by atoms with van der Waals surface area (Å²) in [6.45, 7) is 0.0939. The third-order valence-corrected chi connectivity index (χ3v) is 5.69. The van der Waals surface area contributed by atoms with Crippen LogP contribution in [0.15, 0.2) is 66.4 Å². The Kier molecular flexibility index (Phi) is 7.04. The molecule has 3 aromatic rings. The summed E-state index contributed by atoms with van der Waals surface area (Å²) in [7, 11) is 0. The van der Waals surface area contributed by atoms with Crippen LogP contribution in [0.2, 0.25) is 10.0 Å². The summed E-state index contributed by atoms with van der Waals surface area (Å²) in [6.07, 6.45) is 1.44. The number of ether oxygens (including phenoxy) is 1. The highest BCUT2D eigenvalue weighted by Crippen LogP contribution is 2.35. The molecule has 1 heterocycles. The maximum absolute atomic E-state index is 13.1. The Morgan fingerprint density at radius 1 is 1.00 bits per heavy atom. The summed E-state index contributed by atoms with van der Waals surface area (Å²) >= 11 is 12.7. The van der Waals surface area contributed by atoms with Gasteiger partial charge in [0.1, 0.15) is 18.1 Å². The number of rotatable bonds is 7. The van der Waals surface area contributed by atoms with E-state index in [0.29, 0.717) is 16.7 Å². The Morgan fingerprint density at radius 3 is 2.20 bits per heavy atom. The van der Waals surface area contributed by atoms with Crippen molar-refractivity contribution in [3.63, 3.8) is 0 Å². The van der Waals surface area contributed by atoms with Crippen molar-refractivity contribution in [1.29, 1.82) is 0 Å². The second-order valence-electron chi connectivity index (χ2n) is 7.61. The Morgan fingerprint density at radius 2 is 1.60 bits per heavy atom. The standard InChI is InChI=1S/C25H17Cl2FN2O5/c26-19-9-16(10-20(27)22(19)35-13-15-1-5-17(6-2-15)24(32)33)11-21-23(31)30(25(34)29-21)12-14-3-7-18(28)8-4-14/h1-11H,12-13H2,(H,29,34)(H,32,33)/b21-11+. The predicted octanol–water partition coefficient (Wildman–Crippen LogP) is 5.50. The fourth-order valence-corrected chi connectivity index (χ4v) is 3.97. The third-order valence-electron chi connectivity index (χ3n) is 5.13. The van der Waals surface area contributed by atoms with Crippen molar-refractivity contribution in [2.75, 3.05) is 0 Å². The molecule has 1 saturated heterocycles. The number of imide groups is 1. The lowest BCUT2D eigenvalue weighted by molar-refractivity contribution is -0.123. The number of hydrogen-bond donors (Lipinski definition) is 2. The van der Waals surface area contributed by atoms with Gasteiger partial charge in [0.15, 0.2) is 5.75 Å². The van der Waals surface area contributed by atoms with Gasteiger partial charge in [-0.1, -0.05) is 47.5 Å². The molecule has 10 heteroatoms. The van der Waals surface area contributed by atoms with Crippen molar-refractivity contribution in [2.24, 2.45) is 0 Å². The molecule has 1 fully saturated rings. The van der Waals surface area contributed by atoms with Crippen LogP contribution >= 0.6 is 23.2 Å². The number of aromatic carboxylic acids is 1. The van der Waals surface area contributed by atoms with Crippen LogP contribution in [0.3, 0.4) is 0 Å². The lowest BCUT2D eigenvalue weighted by atomic mass is 10.1. The normalized spacial score (nSPS) is 14.4. The molecule has 7 nitrogen and oxygen atoms in total. The smallest absolute Gasteiger partial charge is 0.335 e. The number of nitrogens with one attached hydrogen (secondary N) is 1. The highest BCUT2D eigenvalue weighted by molar-refractivity contribution is 6.37. The SMILES string of the molecule is O=C(O)c1ccc(COc2c(Cl)cc(/C=C3/NC(=O)N(Cc4ccc(F)cc4)C3=O)cc2Cl)cc1. The molecule has 1 aliphatic heterocycles. The fraction of sp³-hybridized carbons (Fsp3) is 0.0800. The molecule has 0 aromatic heterocycles. The van der Waals surface area contributed by atoms with Gasteiger partial charge in [-0.2, -0.15) is 0 Å². The molecule has 1 aliphatic rings. The molecule has 0 aliphatic carbocycles.